The van der Waals surface area contributed by atoms with Crippen LogP contribution in [0.25, 0.3) is 11.2 Å². The van der Waals surface area contributed by atoms with Gasteiger partial charge in [0.2, 0.25) is 16.0 Å². The van der Waals surface area contributed by atoms with E-state index < -0.39 is 10.0 Å². The van der Waals surface area contributed by atoms with E-state index in [0.29, 0.717) is 29.1 Å². The summed E-state index contributed by atoms with van der Waals surface area (Å²) in [5.41, 5.74) is 13.5. The molecule has 1 aromatic carbocycles. The summed E-state index contributed by atoms with van der Waals surface area (Å²) in [6.07, 6.45) is 3.17. The van der Waals surface area contributed by atoms with Crippen molar-refractivity contribution in [2.45, 2.75) is 37.2 Å². The predicted octanol–water partition coefficient (Wildman–Crippen LogP) is 1.15. The average Bonchev–Trinajstić information content (AvgIpc) is 3.24. The molecular formula is C17H21N7O2S. The van der Waals surface area contributed by atoms with E-state index >= 15 is 0 Å². The molecule has 0 saturated carbocycles. The minimum absolute atomic E-state index is 0.0669. The number of hydrogen-bond donors (Lipinski definition) is 2. The molecule has 0 spiro atoms. The van der Waals surface area contributed by atoms with E-state index in [1.165, 1.54) is 0 Å². The van der Waals surface area contributed by atoms with Crippen molar-refractivity contribution in [1.82, 2.24) is 23.8 Å². The minimum Gasteiger partial charge on any atom is -0.382 e. The summed E-state index contributed by atoms with van der Waals surface area (Å²) in [7, 11) is -3.56. The summed E-state index contributed by atoms with van der Waals surface area (Å²) in [5.74, 6) is 0.282. The van der Waals surface area contributed by atoms with Crippen LogP contribution in [0, 0.1) is 6.92 Å². The molecule has 0 unspecified atom stereocenters. The van der Waals surface area contributed by atoms with Gasteiger partial charge in [-0.2, -0.15) is 14.3 Å². The molecule has 0 aliphatic carbocycles. The van der Waals surface area contributed by atoms with Crippen molar-refractivity contribution in [1.29, 1.82) is 0 Å². The van der Waals surface area contributed by atoms with Gasteiger partial charge in [0.15, 0.2) is 11.5 Å². The average molecular weight is 387 g/mol. The number of nitrogens with two attached hydrogens (primary N) is 2. The quantitative estimate of drug-likeness (QED) is 0.686. The number of aryl methyl sites for hydroxylation is 1. The molecule has 3 heterocycles. The Morgan fingerprint density at radius 3 is 2.67 bits per heavy atom. The smallest absolute Gasteiger partial charge is 0.243 e. The number of aromatic nitrogens is 4. The summed E-state index contributed by atoms with van der Waals surface area (Å²) >= 11 is 0. The van der Waals surface area contributed by atoms with E-state index in [2.05, 4.69) is 15.0 Å². The lowest BCUT2D eigenvalue weighted by Crippen LogP contribution is -2.38. The van der Waals surface area contributed by atoms with E-state index in [4.69, 9.17) is 11.5 Å². The summed E-state index contributed by atoms with van der Waals surface area (Å²) in [5, 5.41) is 0. The summed E-state index contributed by atoms with van der Waals surface area (Å²) in [6.45, 7) is 2.85. The Kier molecular flexibility index (Phi) is 4.23. The summed E-state index contributed by atoms with van der Waals surface area (Å²) in [6, 6.07) is 6.74. The molecule has 0 amide bonds. The van der Waals surface area contributed by atoms with E-state index in [1.54, 1.807) is 27.3 Å². The van der Waals surface area contributed by atoms with Crippen molar-refractivity contribution in [2.75, 3.05) is 18.0 Å². The number of imidazole rings is 1. The molecule has 4 rings (SSSR count). The Labute approximate surface area is 157 Å². The van der Waals surface area contributed by atoms with Crippen LogP contribution in [0.1, 0.15) is 18.4 Å². The fourth-order valence-electron chi connectivity index (χ4n) is 3.50. The first kappa shape index (κ1) is 17.7. The number of anilines is 2. The van der Waals surface area contributed by atoms with Crippen molar-refractivity contribution >= 4 is 33.0 Å². The van der Waals surface area contributed by atoms with Gasteiger partial charge < -0.3 is 16.0 Å². The number of nitrogen functional groups attached to an aromatic ring is 2. The molecular weight excluding hydrogens is 366 g/mol. The number of sulfonamides is 1. The van der Waals surface area contributed by atoms with Gasteiger partial charge in [-0.05, 0) is 31.9 Å². The lowest BCUT2D eigenvalue weighted by molar-refractivity contribution is 0.354. The Morgan fingerprint density at radius 1 is 1.19 bits per heavy atom. The lowest BCUT2D eigenvalue weighted by atomic mass is 10.2. The van der Waals surface area contributed by atoms with Crippen LogP contribution in [0.2, 0.25) is 0 Å². The molecule has 142 valence electrons. The second kappa shape index (κ2) is 6.46. The molecule has 0 radical (unpaired) electrons. The first-order valence-corrected chi connectivity index (χ1v) is 10.1. The van der Waals surface area contributed by atoms with Gasteiger partial charge in [-0.25, -0.2) is 13.4 Å². The fraction of sp³-hybridized carbons (Fsp3) is 0.353. The Hall–Kier alpha value is -2.72. The molecule has 9 nitrogen and oxygen atoms in total. The molecule has 1 aliphatic heterocycles. The van der Waals surface area contributed by atoms with Gasteiger partial charge >= 0.3 is 0 Å². The van der Waals surface area contributed by atoms with Crippen molar-refractivity contribution < 1.29 is 8.42 Å². The second-order valence-electron chi connectivity index (χ2n) is 6.76. The maximum absolute atomic E-state index is 13.1. The van der Waals surface area contributed by atoms with Crippen LogP contribution in [-0.4, -0.2) is 44.8 Å². The predicted molar refractivity (Wildman–Crippen MR) is 102 cm³/mol. The molecule has 1 saturated heterocycles. The molecule has 0 bridgehead atoms. The molecule has 1 aliphatic rings. The Balaban J connectivity index is 1.65. The van der Waals surface area contributed by atoms with E-state index in [1.807, 2.05) is 19.1 Å². The zero-order chi connectivity index (χ0) is 19.2. The zero-order valence-corrected chi connectivity index (χ0v) is 15.7. The van der Waals surface area contributed by atoms with Crippen LogP contribution >= 0.6 is 0 Å². The number of benzene rings is 1. The Morgan fingerprint density at radius 2 is 1.93 bits per heavy atom. The van der Waals surface area contributed by atoms with Gasteiger partial charge in [-0.15, -0.1) is 0 Å². The molecule has 2 aromatic heterocycles. The Bertz CT molecular complexity index is 1090. The van der Waals surface area contributed by atoms with Crippen LogP contribution in [0.3, 0.4) is 0 Å². The van der Waals surface area contributed by atoms with Crippen molar-refractivity contribution in [3.05, 3.63) is 36.2 Å². The van der Waals surface area contributed by atoms with Gasteiger partial charge in [0.1, 0.15) is 5.52 Å². The topological polar surface area (TPSA) is 133 Å². The van der Waals surface area contributed by atoms with Crippen molar-refractivity contribution in [3.63, 3.8) is 0 Å². The maximum atomic E-state index is 13.1. The van der Waals surface area contributed by atoms with Crippen molar-refractivity contribution in [3.8, 4) is 0 Å². The standard InChI is InChI=1S/C17H21N7O2S/c1-11-4-6-13(7-5-11)27(25,26)24-8-2-3-12(24)9-23-10-20-14-15(18)21-17(19)22-16(14)23/h4-7,10,12H,2-3,8-9H2,1H3,(H4,18,19,21,22)/t12-/m0/s1. The summed E-state index contributed by atoms with van der Waals surface area (Å²) < 4.78 is 29.5. The third-order valence-corrected chi connectivity index (χ3v) is 6.83. The molecule has 1 atom stereocenters. The third kappa shape index (κ3) is 3.10. The fourth-order valence-corrected chi connectivity index (χ4v) is 5.18. The number of hydrogen-bond acceptors (Lipinski definition) is 7. The zero-order valence-electron chi connectivity index (χ0n) is 14.9. The normalized spacial score (nSPS) is 18.3. The van der Waals surface area contributed by atoms with Gasteiger partial charge in [0.25, 0.3) is 0 Å². The molecule has 4 N–H and O–H groups in total. The van der Waals surface area contributed by atoms with Crippen LogP contribution in [0.15, 0.2) is 35.5 Å². The summed E-state index contributed by atoms with van der Waals surface area (Å²) in [4.78, 5) is 12.7. The van der Waals surface area contributed by atoms with Crippen LogP contribution in [0.4, 0.5) is 11.8 Å². The van der Waals surface area contributed by atoms with Crippen molar-refractivity contribution in [2.24, 2.45) is 0 Å². The van der Waals surface area contributed by atoms with Gasteiger partial charge in [0, 0.05) is 19.1 Å². The number of fused-ring (bicyclic) bond motifs is 1. The van der Waals surface area contributed by atoms with Crippen LogP contribution < -0.4 is 11.5 Å². The van der Waals surface area contributed by atoms with Gasteiger partial charge in [-0.1, -0.05) is 17.7 Å². The molecule has 10 heteroatoms. The largest absolute Gasteiger partial charge is 0.382 e. The molecule has 3 aromatic rings. The third-order valence-electron chi connectivity index (χ3n) is 4.87. The molecule has 1 fully saturated rings. The highest BCUT2D eigenvalue weighted by Gasteiger charge is 2.35. The number of nitrogens with zero attached hydrogens (tertiary/aromatic N) is 5. The molecule has 27 heavy (non-hydrogen) atoms. The van der Waals surface area contributed by atoms with Crippen LogP contribution in [-0.2, 0) is 16.6 Å². The maximum Gasteiger partial charge on any atom is 0.243 e. The second-order valence-corrected chi connectivity index (χ2v) is 8.65. The first-order valence-electron chi connectivity index (χ1n) is 8.68. The monoisotopic (exact) mass is 387 g/mol. The minimum atomic E-state index is -3.56. The highest BCUT2D eigenvalue weighted by molar-refractivity contribution is 7.89. The van der Waals surface area contributed by atoms with Crippen LogP contribution in [0.5, 0.6) is 0 Å². The van der Waals surface area contributed by atoms with E-state index in [9.17, 15) is 8.42 Å². The van der Waals surface area contributed by atoms with Gasteiger partial charge in [-0.3, -0.25) is 0 Å². The van der Waals surface area contributed by atoms with E-state index in [0.717, 1.165) is 18.4 Å². The first-order chi connectivity index (χ1) is 12.9. The lowest BCUT2D eigenvalue weighted by Gasteiger charge is -2.24. The number of rotatable bonds is 4. The highest BCUT2D eigenvalue weighted by Crippen LogP contribution is 2.28. The highest BCUT2D eigenvalue weighted by atomic mass is 32.2. The van der Waals surface area contributed by atoms with E-state index in [-0.39, 0.29) is 17.8 Å². The SMILES string of the molecule is Cc1ccc(S(=O)(=O)N2CCC[C@H]2Cn2cnc3c(N)nc(N)nc32)cc1. The van der Waals surface area contributed by atoms with Gasteiger partial charge in [0.05, 0.1) is 11.2 Å².